The zero-order valence-corrected chi connectivity index (χ0v) is 7.44. The minimum atomic E-state index is -1.08. The quantitative estimate of drug-likeness (QED) is 0.511. The third-order valence-electron chi connectivity index (χ3n) is 0.842. The lowest BCUT2D eigenvalue weighted by Crippen LogP contribution is -2.31. The summed E-state index contributed by atoms with van der Waals surface area (Å²) in [6.07, 6.45) is 2.09. The molecule has 1 N–H and O–H groups in total. The Bertz CT molecular complexity index is 183. The third-order valence-corrected chi connectivity index (χ3v) is 2.16. The van der Waals surface area contributed by atoms with Gasteiger partial charge in [-0.3, -0.25) is 14.5 Å². The summed E-state index contributed by atoms with van der Waals surface area (Å²) in [6, 6.07) is 0. The molecule has 0 aromatic heterocycles. The first-order chi connectivity index (χ1) is 5.11. The van der Waals surface area contributed by atoms with E-state index >= 15 is 0 Å². The number of hydrogen-bond donors (Lipinski definition) is 1. The van der Waals surface area contributed by atoms with Crippen molar-refractivity contribution in [1.29, 1.82) is 0 Å². The van der Waals surface area contributed by atoms with Crippen molar-refractivity contribution in [3.05, 3.63) is 0 Å². The van der Waals surface area contributed by atoms with Crippen LogP contribution in [-0.4, -0.2) is 39.5 Å². The third kappa shape index (κ3) is 3.94. The molecule has 0 rings (SSSR count). The largest absolute Gasteiger partial charge is 0.480 e. The van der Waals surface area contributed by atoms with Gasteiger partial charge in [0.05, 0.1) is 0 Å². The van der Waals surface area contributed by atoms with Crippen LogP contribution in [0.3, 0.4) is 0 Å². The van der Waals surface area contributed by atoms with Crippen LogP contribution in [0.1, 0.15) is 0 Å². The molecule has 0 bridgehead atoms. The van der Waals surface area contributed by atoms with E-state index in [1.807, 2.05) is 0 Å². The van der Waals surface area contributed by atoms with Gasteiger partial charge in [0.15, 0.2) is 0 Å². The number of hydrogen-bond acceptors (Lipinski definition) is 4. The molecule has 0 aliphatic rings. The lowest BCUT2D eigenvalue weighted by Gasteiger charge is -2.12. The number of thioether (sulfide) groups is 1. The van der Waals surface area contributed by atoms with E-state index in [1.165, 1.54) is 0 Å². The fourth-order valence-electron chi connectivity index (χ4n) is 0.408. The Labute approximate surface area is 73.6 Å². The van der Waals surface area contributed by atoms with Gasteiger partial charge in [-0.2, -0.15) is 0 Å². The molecule has 4 nitrogen and oxygen atoms in total. The van der Waals surface area contributed by atoms with Crippen molar-refractivity contribution in [2.24, 2.45) is 0 Å². The molecule has 0 aliphatic heterocycles. The fraction of sp³-hybridized carbons (Fsp3) is 0.400. The van der Waals surface area contributed by atoms with E-state index in [2.05, 4.69) is 12.2 Å². The van der Waals surface area contributed by atoms with E-state index in [9.17, 15) is 9.59 Å². The standard InChI is InChI=1S/C5H7NO3S2/c1-11-5(10)6(3-7)2-4(8)9/h3H,2H2,1H3,(H,8,9). The van der Waals surface area contributed by atoms with Crippen molar-refractivity contribution in [1.82, 2.24) is 4.90 Å². The monoisotopic (exact) mass is 193 g/mol. The predicted octanol–water partition coefficient (Wildman–Crippen LogP) is 0.177. The first-order valence-corrected chi connectivity index (χ1v) is 4.26. The van der Waals surface area contributed by atoms with Crippen LogP contribution in [0.15, 0.2) is 0 Å². The number of amides is 1. The van der Waals surface area contributed by atoms with Crippen molar-refractivity contribution >= 4 is 40.7 Å². The van der Waals surface area contributed by atoms with Crippen LogP contribution in [0.2, 0.25) is 0 Å². The van der Waals surface area contributed by atoms with Gasteiger partial charge in [-0.1, -0.05) is 24.0 Å². The summed E-state index contributed by atoms with van der Waals surface area (Å²) in [5, 5.41) is 8.29. The summed E-state index contributed by atoms with van der Waals surface area (Å²) in [5.74, 6) is -1.08. The first-order valence-electron chi connectivity index (χ1n) is 2.63. The van der Waals surface area contributed by atoms with Crippen molar-refractivity contribution in [2.45, 2.75) is 0 Å². The second kappa shape index (κ2) is 5.09. The Morgan fingerprint density at radius 3 is 2.64 bits per heavy atom. The van der Waals surface area contributed by atoms with E-state index in [0.717, 1.165) is 16.7 Å². The molecule has 62 valence electrons. The minimum absolute atomic E-state index is 0.266. The lowest BCUT2D eigenvalue weighted by atomic mass is 10.6. The topological polar surface area (TPSA) is 57.6 Å². The van der Waals surface area contributed by atoms with Gasteiger partial charge in [0.25, 0.3) is 0 Å². The molecular formula is C5H7NO3S2. The molecule has 0 atom stereocenters. The van der Waals surface area contributed by atoms with Gasteiger partial charge in [-0.15, -0.1) is 0 Å². The van der Waals surface area contributed by atoms with Crippen LogP contribution < -0.4 is 0 Å². The van der Waals surface area contributed by atoms with Crippen LogP contribution in [0.4, 0.5) is 0 Å². The average molecular weight is 193 g/mol. The molecule has 0 spiro atoms. The molecule has 0 aromatic rings. The maximum absolute atomic E-state index is 10.2. The van der Waals surface area contributed by atoms with Crippen LogP contribution >= 0.6 is 24.0 Å². The lowest BCUT2D eigenvalue weighted by molar-refractivity contribution is -0.139. The number of rotatable bonds is 3. The van der Waals surface area contributed by atoms with Crippen molar-refractivity contribution in [3.8, 4) is 0 Å². The molecule has 0 aromatic carbocycles. The second-order valence-electron chi connectivity index (χ2n) is 1.60. The molecule has 0 aliphatic carbocycles. The van der Waals surface area contributed by atoms with E-state index in [4.69, 9.17) is 5.11 Å². The first kappa shape index (κ1) is 10.4. The van der Waals surface area contributed by atoms with Crippen LogP contribution in [0.5, 0.6) is 0 Å². The van der Waals surface area contributed by atoms with Gasteiger partial charge >= 0.3 is 5.97 Å². The van der Waals surface area contributed by atoms with Crippen LogP contribution in [0, 0.1) is 0 Å². The van der Waals surface area contributed by atoms with Crippen molar-refractivity contribution < 1.29 is 14.7 Å². The van der Waals surface area contributed by atoms with E-state index < -0.39 is 5.97 Å². The highest BCUT2D eigenvalue weighted by atomic mass is 32.2. The van der Waals surface area contributed by atoms with Gasteiger partial charge < -0.3 is 5.11 Å². The van der Waals surface area contributed by atoms with Gasteiger partial charge in [0, 0.05) is 0 Å². The molecule has 0 saturated carbocycles. The number of carboxylic acids is 1. The Balaban J connectivity index is 4.05. The Hall–Kier alpha value is -0.620. The normalized spacial score (nSPS) is 8.82. The second-order valence-corrected chi connectivity index (χ2v) is 3.04. The molecule has 0 radical (unpaired) electrons. The maximum Gasteiger partial charge on any atom is 0.323 e. The summed E-state index contributed by atoms with van der Waals surface area (Å²) in [6.45, 7) is -0.372. The summed E-state index contributed by atoms with van der Waals surface area (Å²) < 4.78 is 0.266. The number of carbonyl (C=O) groups is 2. The fourth-order valence-corrected chi connectivity index (χ4v) is 0.858. The summed E-state index contributed by atoms with van der Waals surface area (Å²) >= 11 is 5.85. The zero-order chi connectivity index (χ0) is 8.85. The predicted molar refractivity (Wildman–Crippen MR) is 46.5 cm³/mol. The maximum atomic E-state index is 10.2. The number of aliphatic carboxylic acids is 1. The molecule has 1 amide bonds. The molecule has 11 heavy (non-hydrogen) atoms. The van der Waals surface area contributed by atoms with Gasteiger partial charge in [-0.05, 0) is 6.26 Å². The van der Waals surface area contributed by atoms with Gasteiger partial charge in [-0.25, -0.2) is 0 Å². The molecule has 0 saturated heterocycles. The number of carbonyl (C=O) groups excluding carboxylic acids is 1. The number of carboxylic acid groups (broad SMARTS) is 1. The Morgan fingerprint density at radius 2 is 2.36 bits per heavy atom. The van der Waals surface area contributed by atoms with Gasteiger partial charge in [0.2, 0.25) is 6.41 Å². The Morgan fingerprint density at radius 1 is 1.82 bits per heavy atom. The highest BCUT2D eigenvalue weighted by Gasteiger charge is 2.10. The molecule has 0 fully saturated rings. The van der Waals surface area contributed by atoms with Crippen LogP contribution in [0.25, 0.3) is 0 Å². The van der Waals surface area contributed by atoms with Gasteiger partial charge in [0.1, 0.15) is 10.9 Å². The summed E-state index contributed by atoms with van der Waals surface area (Å²) in [5.41, 5.74) is 0. The SMILES string of the molecule is CSC(=S)N(C=O)CC(=O)O. The Kier molecular flexibility index (Phi) is 4.80. The van der Waals surface area contributed by atoms with E-state index in [0.29, 0.717) is 6.41 Å². The smallest absolute Gasteiger partial charge is 0.323 e. The highest BCUT2D eigenvalue weighted by Crippen LogP contribution is 2.01. The molecular weight excluding hydrogens is 186 g/mol. The molecule has 0 heterocycles. The zero-order valence-electron chi connectivity index (χ0n) is 5.81. The molecule has 0 unspecified atom stereocenters. The van der Waals surface area contributed by atoms with E-state index in [1.54, 1.807) is 6.26 Å². The average Bonchev–Trinajstić information content (AvgIpc) is 1.98. The summed E-state index contributed by atoms with van der Waals surface area (Å²) in [7, 11) is 0. The van der Waals surface area contributed by atoms with Crippen molar-refractivity contribution in [2.75, 3.05) is 12.8 Å². The summed E-state index contributed by atoms with van der Waals surface area (Å²) in [4.78, 5) is 21.3. The van der Waals surface area contributed by atoms with Crippen LogP contribution in [-0.2, 0) is 9.59 Å². The van der Waals surface area contributed by atoms with Crippen molar-refractivity contribution in [3.63, 3.8) is 0 Å². The molecule has 6 heteroatoms. The number of thiocarbonyl (C=S) groups is 1. The number of nitrogens with zero attached hydrogens (tertiary/aromatic N) is 1. The highest BCUT2D eigenvalue weighted by molar-refractivity contribution is 8.22. The van der Waals surface area contributed by atoms with E-state index in [-0.39, 0.29) is 10.9 Å². The minimum Gasteiger partial charge on any atom is -0.480 e.